The standard InChI is InChI=1S/C29H19NO3S/c1-32-17-8-10-24-20(13-17)21-14-18(33-2)9-11-25(21)30(24)26-15-23-28(31)27-19-7-5-3-4-6-16(19)12-22(27)29(23)34-26/h3-15H,1-2H3. The van der Waals surface area contributed by atoms with Gasteiger partial charge in [-0.05, 0) is 59.7 Å². The number of thiophene rings is 1. The van der Waals surface area contributed by atoms with Gasteiger partial charge in [0.1, 0.15) is 16.5 Å². The van der Waals surface area contributed by atoms with E-state index < -0.39 is 0 Å². The van der Waals surface area contributed by atoms with Crippen molar-refractivity contribution in [1.29, 1.82) is 0 Å². The van der Waals surface area contributed by atoms with Gasteiger partial charge in [0.25, 0.3) is 0 Å². The van der Waals surface area contributed by atoms with Crippen LogP contribution in [0.5, 0.6) is 11.5 Å². The molecule has 0 bridgehead atoms. The zero-order valence-corrected chi connectivity index (χ0v) is 19.4. The Balaban J connectivity index is 1.50. The van der Waals surface area contributed by atoms with Crippen LogP contribution in [0, 0.1) is 0 Å². The summed E-state index contributed by atoms with van der Waals surface area (Å²) in [7, 11) is 3.36. The van der Waals surface area contributed by atoms with E-state index in [-0.39, 0.29) is 5.78 Å². The van der Waals surface area contributed by atoms with E-state index in [2.05, 4.69) is 41.0 Å². The first-order valence-electron chi connectivity index (χ1n) is 11.0. The number of ether oxygens (including phenoxy) is 2. The Morgan fingerprint density at radius 3 is 2.06 bits per heavy atom. The molecule has 0 spiro atoms. The summed E-state index contributed by atoms with van der Waals surface area (Å²) in [6, 6.07) is 26.5. The third kappa shape index (κ3) is 2.50. The largest absolute Gasteiger partial charge is 0.497 e. The molecule has 0 fully saturated rings. The van der Waals surface area contributed by atoms with E-state index >= 15 is 0 Å². The molecule has 0 amide bonds. The number of aromatic nitrogens is 1. The van der Waals surface area contributed by atoms with Gasteiger partial charge in [0.05, 0.1) is 25.3 Å². The second kappa shape index (κ2) is 6.95. The van der Waals surface area contributed by atoms with Gasteiger partial charge in [0.15, 0.2) is 5.78 Å². The minimum absolute atomic E-state index is 0.109. The molecule has 0 atom stereocenters. The maximum absolute atomic E-state index is 13.5. The Hall–Kier alpha value is -4.09. The Labute approximate surface area is 199 Å². The van der Waals surface area contributed by atoms with Crippen LogP contribution in [0.1, 0.15) is 15.9 Å². The fourth-order valence-electron chi connectivity index (χ4n) is 5.18. The van der Waals surface area contributed by atoms with Crippen molar-refractivity contribution in [3.8, 4) is 38.1 Å². The molecular formula is C29H19NO3S. The molecule has 3 aliphatic rings. The van der Waals surface area contributed by atoms with Gasteiger partial charge >= 0.3 is 0 Å². The van der Waals surface area contributed by atoms with Gasteiger partial charge in [0, 0.05) is 32.3 Å². The molecule has 0 saturated heterocycles. The minimum Gasteiger partial charge on any atom is -0.497 e. The average Bonchev–Trinajstić information content (AvgIpc) is 3.54. The van der Waals surface area contributed by atoms with Crippen LogP contribution in [0.3, 0.4) is 0 Å². The highest BCUT2D eigenvalue weighted by atomic mass is 32.1. The monoisotopic (exact) mass is 461 g/mol. The van der Waals surface area contributed by atoms with Crippen LogP contribution in [0.25, 0.3) is 48.4 Å². The lowest BCUT2D eigenvalue weighted by atomic mass is 10.1. The summed E-state index contributed by atoms with van der Waals surface area (Å²) in [4.78, 5) is 14.6. The normalized spacial score (nSPS) is 12.5. The summed E-state index contributed by atoms with van der Waals surface area (Å²) in [6.45, 7) is 0. The van der Waals surface area contributed by atoms with Gasteiger partial charge in [-0.2, -0.15) is 0 Å². The Bertz CT molecular complexity index is 1700. The van der Waals surface area contributed by atoms with Gasteiger partial charge in [0.2, 0.25) is 0 Å². The number of ketones is 1. The molecular weight excluding hydrogens is 442 g/mol. The van der Waals surface area contributed by atoms with Crippen molar-refractivity contribution in [3.63, 3.8) is 0 Å². The summed E-state index contributed by atoms with van der Waals surface area (Å²) < 4.78 is 13.2. The van der Waals surface area contributed by atoms with Crippen molar-refractivity contribution < 1.29 is 14.3 Å². The Kier molecular flexibility index (Phi) is 3.96. The van der Waals surface area contributed by atoms with Crippen LogP contribution in [0.15, 0.2) is 78.9 Å². The molecule has 0 N–H and O–H groups in total. The second-order valence-electron chi connectivity index (χ2n) is 8.47. The average molecular weight is 462 g/mol. The van der Waals surface area contributed by atoms with Crippen LogP contribution >= 0.6 is 11.3 Å². The van der Waals surface area contributed by atoms with Crippen molar-refractivity contribution >= 4 is 38.9 Å². The number of benzene rings is 2. The number of fused-ring (bicyclic) bond motifs is 8. The van der Waals surface area contributed by atoms with Crippen LogP contribution < -0.4 is 9.47 Å². The summed E-state index contributed by atoms with van der Waals surface area (Å²) in [5.74, 6) is 1.72. The quantitative estimate of drug-likeness (QED) is 0.280. The highest BCUT2D eigenvalue weighted by Crippen LogP contribution is 2.50. The predicted molar refractivity (Wildman–Crippen MR) is 137 cm³/mol. The van der Waals surface area contributed by atoms with E-state index in [4.69, 9.17) is 9.47 Å². The van der Waals surface area contributed by atoms with Crippen molar-refractivity contribution in [3.05, 3.63) is 90.0 Å². The van der Waals surface area contributed by atoms with Crippen LogP contribution in [0.2, 0.25) is 0 Å². The third-order valence-corrected chi connectivity index (χ3v) is 7.90. The molecule has 3 aliphatic carbocycles. The number of rotatable bonds is 3. The molecule has 4 nitrogen and oxygen atoms in total. The number of nitrogens with zero attached hydrogens (tertiary/aromatic N) is 1. The van der Waals surface area contributed by atoms with Gasteiger partial charge in [-0.3, -0.25) is 4.79 Å². The number of hydrogen-bond acceptors (Lipinski definition) is 4. The van der Waals surface area contributed by atoms with Crippen LogP contribution in [-0.2, 0) is 0 Å². The first-order chi connectivity index (χ1) is 16.7. The highest BCUT2D eigenvalue weighted by Gasteiger charge is 2.34. The summed E-state index contributed by atoms with van der Waals surface area (Å²) in [5, 5.41) is 3.19. The van der Waals surface area contributed by atoms with Gasteiger partial charge in [-0.15, -0.1) is 11.3 Å². The van der Waals surface area contributed by atoms with Gasteiger partial charge in [-0.1, -0.05) is 30.3 Å². The molecule has 5 heteroatoms. The third-order valence-electron chi connectivity index (χ3n) is 6.75. The summed E-state index contributed by atoms with van der Waals surface area (Å²) in [6.07, 6.45) is 0. The lowest BCUT2D eigenvalue weighted by Crippen LogP contribution is -1.96. The van der Waals surface area contributed by atoms with E-state index in [0.717, 1.165) is 71.0 Å². The Morgan fingerprint density at radius 2 is 1.38 bits per heavy atom. The highest BCUT2D eigenvalue weighted by molar-refractivity contribution is 7.18. The maximum atomic E-state index is 13.5. The maximum Gasteiger partial charge on any atom is 0.195 e. The topological polar surface area (TPSA) is 40.5 Å². The van der Waals surface area contributed by atoms with E-state index in [0.29, 0.717) is 0 Å². The zero-order valence-electron chi connectivity index (χ0n) is 18.6. The SMILES string of the molecule is COc1ccc2c(c1)c1cc(OC)ccc1n2-c1cc2c(s1)-c1cc3cccccc-3c1C2=O. The fourth-order valence-corrected chi connectivity index (χ4v) is 6.38. The lowest BCUT2D eigenvalue weighted by molar-refractivity contribution is 0.104. The van der Waals surface area contributed by atoms with Crippen LogP contribution in [0.4, 0.5) is 0 Å². The lowest BCUT2D eigenvalue weighted by Gasteiger charge is -2.06. The van der Waals surface area contributed by atoms with E-state index in [1.807, 2.05) is 42.5 Å². The summed E-state index contributed by atoms with van der Waals surface area (Å²) in [5.41, 5.74) is 6.91. The summed E-state index contributed by atoms with van der Waals surface area (Å²) >= 11 is 1.67. The Morgan fingerprint density at radius 1 is 0.706 bits per heavy atom. The van der Waals surface area contributed by atoms with Gasteiger partial charge in [-0.25, -0.2) is 0 Å². The molecule has 0 aliphatic heterocycles. The number of hydrogen-bond donors (Lipinski definition) is 0. The van der Waals surface area contributed by atoms with E-state index in [1.54, 1.807) is 25.6 Å². The molecule has 0 radical (unpaired) electrons. The minimum atomic E-state index is 0.109. The van der Waals surface area contributed by atoms with E-state index in [1.165, 1.54) is 0 Å². The molecule has 2 aromatic heterocycles. The number of methoxy groups -OCH3 is 2. The van der Waals surface area contributed by atoms with Crippen molar-refractivity contribution in [2.24, 2.45) is 0 Å². The molecule has 2 heterocycles. The van der Waals surface area contributed by atoms with Crippen LogP contribution in [-0.4, -0.2) is 24.6 Å². The number of carbonyl (C=O) groups excluding carboxylic acids is 1. The molecule has 7 rings (SSSR count). The molecule has 4 aromatic rings. The first-order valence-corrected chi connectivity index (χ1v) is 11.9. The van der Waals surface area contributed by atoms with E-state index in [9.17, 15) is 4.79 Å². The van der Waals surface area contributed by atoms with Crippen molar-refractivity contribution in [1.82, 2.24) is 4.57 Å². The zero-order chi connectivity index (χ0) is 23.0. The molecule has 2 aromatic carbocycles. The number of carbonyl (C=O) groups is 1. The van der Waals surface area contributed by atoms with Gasteiger partial charge < -0.3 is 14.0 Å². The smallest absolute Gasteiger partial charge is 0.195 e. The second-order valence-corrected chi connectivity index (χ2v) is 9.50. The molecule has 0 unspecified atom stereocenters. The fraction of sp³-hybridized carbons (Fsp3) is 0.0690. The first kappa shape index (κ1) is 19.4. The molecule has 34 heavy (non-hydrogen) atoms. The predicted octanol–water partition coefficient (Wildman–Crippen LogP) is 7.18. The van der Waals surface area contributed by atoms with Crippen molar-refractivity contribution in [2.45, 2.75) is 0 Å². The molecule has 0 saturated carbocycles. The molecule has 164 valence electrons. The van der Waals surface area contributed by atoms with Crippen molar-refractivity contribution in [2.75, 3.05) is 14.2 Å².